The van der Waals surface area contributed by atoms with Gasteiger partial charge in [0.05, 0.1) is 18.1 Å². The minimum Gasteiger partial charge on any atom is -0.393 e. The van der Waals surface area contributed by atoms with Crippen molar-refractivity contribution in [2.75, 3.05) is 13.1 Å². The maximum Gasteiger partial charge on any atom is 0.255 e. The zero-order valence-corrected chi connectivity index (χ0v) is 14.9. The van der Waals surface area contributed by atoms with E-state index in [9.17, 15) is 4.79 Å². The number of amides is 1. The highest BCUT2D eigenvalue weighted by atomic mass is 79.9. The summed E-state index contributed by atoms with van der Waals surface area (Å²) in [5, 5.41) is 0. The molecule has 18 heavy (non-hydrogen) atoms. The van der Waals surface area contributed by atoms with Gasteiger partial charge in [-0.25, -0.2) is 0 Å². The summed E-state index contributed by atoms with van der Waals surface area (Å²) in [7, 11) is 0. The predicted octanol–water partition coefficient (Wildman–Crippen LogP) is 3.66. The van der Waals surface area contributed by atoms with Crippen molar-refractivity contribution in [1.29, 1.82) is 0 Å². The summed E-state index contributed by atoms with van der Waals surface area (Å²) in [6.45, 7) is 5.05. The first-order valence-electron chi connectivity index (χ1n) is 5.40. The number of nitrogens with zero attached hydrogens (tertiary/aromatic N) is 1. The summed E-state index contributed by atoms with van der Waals surface area (Å²) >= 11 is 13.2. The molecule has 0 spiro atoms. The monoisotopic (exact) mass is 412 g/mol. The third-order valence-electron chi connectivity index (χ3n) is 2.54. The van der Waals surface area contributed by atoms with Crippen LogP contribution >= 0.6 is 55.4 Å². The maximum atomic E-state index is 12.4. The first-order valence-corrected chi connectivity index (χ1v) is 8.21. The largest absolute Gasteiger partial charge is 0.393 e. The summed E-state index contributed by atoms with van der Waals surface area (Å²) in [4.78, 5) is 14.6. The highest BCUT2D eigenvalue weighted by molar-refractivity contribution is 9.12. The molecule has 1 aromatic rings. The van der Waals surface area contributed by atoms with Crippen LogP contribution in [0.2, 0.25) is 0 Å². The van der Waals surface area contributed by atoms with Crippen LogP contribution in [0.5, 0.6) is 0 Å². The van der Waals surface area contributed by atoms with Crippen LogP contribution in [-0.2, 0) is 0 Å². The van der Waals surface area contributed by atoms with E-state index in [-0.39, 0.29) is 11.8 Å². The molecule has 7 heteroatoms. The minimum atomic E-state index is -0.00516. The number of carbonyl (C=O) groups excluding carboxylic acids is 1. The van der Waals surface area contributed by atoms with Gasteiger partial charge in [0.15, 0.2) is 0 Å². The van der Waals surface area contributed by atoms with E-state index in [1.807, 2.05) is 19.9 Å². The van der Waals surface area contributed by atoms with Gasteiger partial charge in [-0.05, 0) is 44.8 Å². The Morgan fingerprint density at radius 1 is 1.61 bits per heavy atom. The average molecular weight is 414 g/mol. The van der Waals surface area contributed by atoms with E-state index in [1.165, 1.54) is 11.3 Å². The van der Waals surface area contributed by atoms with Crippen molar-refractivity contribution in [3.8, 4) is 0 Å². The highest BCUT2D eigenvalue weighted by Crippen LogP contribution is 2.32. The smallest absolute Gasteiger partial charge is 0.255 e. The molecule has 0 aliphatic rings. The van der Waals surface area contributed by atoms with Crippen molar-refractivity contribution in [3.63, 3.8) is 0 Å². The maximum absolute atomic E-state index is 12.4. The zero-order chi connectivity index (χ0) is 13.9. The summed E-state index contributed by atoms with van der Waals surface area (Å²) in [5.74, 6) is 0.0131. The Labute approximate surface area is 133 Å². The molecule has 1 atom stereocenters. The number of halogens is 2. The molecule has 0 aliphatic carbocycles. The Morgan fingerprint density at radius 2 is 2.22 bits per heavy atom. The number of rotatable bonds is 5. The van der Waals surface area contributed by atoms with E-state index in [0.29, 0.717) is 23.6 Å². The number of hydrogen-bond donors (Lipinski definition) is 1. The molecular weight excluding hydrogens is 400 g/mol. The lowest BCUT2D eigenvalue weighted by atomic mass is 10.1. The molecule has 1 rings (SSSR count). The number of thiophene rings is 1. The Hall–Kier alpha value is 0.0200. The van der Waals surface area contributed by atoms with Crippen LogP contribution in [0, 0.1) is 5.92 Å². The predicted molar refractivity (Wildman–Crippen MR) is 87.2 cm³/mol. The van der Waals surface area contributed by atoms with Gasteiger partial charge >= 0.3 is 0 Å². The molecule has 1 heterocycles. The summed E-state index contributed by atoms with van der Waals surface area (Å²) in [6.07, 6.45) is 0. The summed E-state index contributed by atoms with van der Waals surface area (Å²) in [5.41, 5.74) is 6.26. The molecule has 0 bridgehead atoms. The van der Waals surface area contributed by atoms with Crippen LogP contribution < -0.4 is 5.73 Å². The van der Waals surface area contributed by atoms with Crippen LogP contribution in [0.15, 0.2) is 13.6 Å². The molecule has 1 unspecified atom stereocenters. The van der Waals surface area contributed by atoms with E-state index in [0.717, 1.165) is 7.57 Å². The van der Waals surface area contributed by atoms with Crippen LogP contribution in [0.25, 0.3) is 0 Å². The van der Waals surface area contributed by atoms with E-state index in [4.69, 9.17) is 18.0 Å². The lowest BCUT2D eigenvalue weighted by molar-refractivity contribution is 0.0754. The van der Waals surface area contributed by atoms with E-state index < -0.39 is 0 Å². The fraction of sp³-hybridized carbons (Fsp3) is 0.455. The van der Waals surface area contributed by atoms with E-state index in [1.54, 1.807) is 4.90 Å². The first kappa shape index (κ1) is 16.1. The SMILES string of the molecule is CCN(CC(C)C(N)=S)C(=O)c1cc(Br)sc1Br. The van der Waals surface area contributed by atoms with Gasteiger partial charge in [-0.15, -0.1) is 11.3 Å². The molecule has 0 radical (unpaired) electrons. The molecule has 1 aromatic heterocycles. The quantitative estimate of drug-likeness (QED) is 0.749. The molecule has 100 valence electrons. The van der Waals surface area contributed by atoms with Gasteiger partial charge in [-0.3, -0.25) is 4.79 Å². The van der Waals surface area contributed by atoms with Crippen molar-refractivity contribution in [2.24, 2.45) is 11.7 Å². The Balaban J connectivity index is 2.86. The summed E-state index contributed by atoms with van der Waals surface area (Å²) < 4.78 is 1.76. The topological polar surface area (TPSA) is 46.3 Å². The Morgan fingerprint density at radius 3 is 2.61 bits per heavy atom. The minimum absolute atomic E-state index is 0.00516. The van der Waals surface area contributed by atoms with Crippen molar-refractivity contribution in [2.45, 2.75) is 13.8 Å². The van der Waals surface area contributed by atoms with Crippen molar-refractivity contribution < 1.29 is 4.79 Å². The van der Waals surface area contributed by atoms with Crippen molar-refractivity contribution in [3.05, 3.63) is 19.2 Å². The molecule has 1 amide bonds. The van der Waals surface area contributed by atoms with Gasteiger partial charge in [0.1, 0.15) is 0 Å². The van der Waals surface area contributed by atoms with Crippen molar-refractivity contribution in [1.82, 2.24) is 4.90 Å². The van der Waals surface area contributed by atoms with Gasteiger partial charge in [-0.2, -0.15) is 0 Å². The molecule has 0 aliphatic heterocycles. The standard InChI is InChI=1S/C11H14Br2N2OS2/c1-3-15(5-6(2)10(14)17)11(16)7-4-8(12)18-9(7)13/h4,6H,3,5H2,1-2H3,(H2,14,17). The van der Waals surface area contributed by atoms with E-state index in [2.05, 4.69) is 31.9 Å². The second-order valence-corrected chi connectivity index (χ2v) is 8.11. The second-order valence-electron chi connectivity index (χ2n) is 3.89. The van der Waals surface area contributed by atoms with Crippen LogP contribution in [0.3, 0.4) is 0 Å². The van der Waals surface area contributed by atoms with Gasteiger partial charge in [0.25, 0.3) is 5.91 Å². The van der Waals surface area contributed by atoms with E-state index >= 15 is 0 Å². The first-order chi connectivity index (χ1) is 8.36. The molecule has 0 saturated carbocycles. The molecule has 3 nitrogen and oxygen atoms in total. The Kier molecular flexibility index (Phi) is 6.23. The molecule has 0 saturated heterocycles. The number of thiocarbonyl (C=S) groups is 1. The summed E-state index contributed by atoms with van der Waals surface area (Å²) in [6, 6.07) is 1.82. The van der Waals surface area contributed by atoms with Gasteiger partial charge in [0, 0.05) is 19.0 Å². The highest BCUT2D eigenvalue weighted by Gasteiger charge is 2.21. The van der Waals surface area contributed by atoms with Crippen LogP contribution in [0.1, 0.15) is 24.2 Å². The number of hydrogen-bond acceptors (Lipinski definition) is 3. The van der Waals surface area contributed by atoms with Crippen LogP contribution in [-0.4, -0.2) is 28.9 Å². The Bertz CT molecular complexity index is 462. The molecule has 0 fully saturated rings. The lowest BCUT2D eigenvalue weighted by Crippen LogP contribution is -2.38. The fourth-order valence-electron chi connectivity index (χ4n) is 1.43. The number of carbonyl (C=O) groups is 1. The second kappa shape index (κ2) is 6.98. The van der Waals surface area contributed by atoms with Crippen molar-refractivity contribution >= 4 is 66.3 Å². The lowest BCUT2D eigenvalue weighted by Gasteiger charge is -2.24. The van der Waals surface area contributed by atoms with Gasteiger partial charge in [-0.1, -0.05) is 19.1 Å². The van der Waals surface area contributed by atoms with Gasteiger partial charge in [0.2, 0.25) is 0 Å². The third-order valence-corrected chi connectivity index (χ3v) is 5.28. The third kappa shape index (κ3) is 4.01. The van der Waals surface area contributed by atoms with Crippen LogP contribution in [0.4, 0.5) is 0 Å². The average Bonchev–Trinajstić information content (AvgIpc) is 2.63. The zero-order valence-electron chi connectivity index (χ0n) is 10.1. The van der Waals surface area contributed by atoms with Gasteiger partial charge < -0.3 is 10.6 Å². The molecule has 0 aromatic carbocycles. The number of nitrogens with two attached hydrogens (primary N) is 1. The molecular formula is C11H14Br2N2OS2. The fourth-order valence-corrected chi connectivity index (χ4v) is 4.28. The normalized spacial score (nSPS) is 12.2. The molecule has 2 N–H and O–H groups in total.